The van der Waals surface area contributed by atoms with Crippen molar-refractivity contribution >= 4 is 0 Å². The molecule has 92 valence electrons. The smallest absolute Gasteiger partial charge is 0.0631 e. The van der Waals surface area contributed by atoms with Gasteiger partial charge in [0.2, 0.25) is 0 Å². The van der Waals surface area contributed by atoms with Gasteiger partial charge in [-0.15, -0.1) is 13.2 Å². The largest absolute Gasteiger partial charge is 0.392 e. The molecule has 0 amide bonds. The molecule has 0 aromatic heterocycles. The number of nitrogens with zero attached hydrogens (tertiary/aromatic N) is 1. The lowest BCUT2D eigenvalue weighted by atomic mass is 9.87. The van der Waals surface area contributed by atoms with Crippen LogP contribution >= 0.6 is 0 Å². The summed E-state index contributed by atoms with van der Waals surface area (Å²) in [7, 11) is 0. The fraction of sp³-hybridized carbons (Fsp3) is 0.714. The van der Waals surface area contributed by atoms with Crippen LogP contribution in [-0.4, -0.2) is 35.7 Å². The second-order valence-corrected chi connectivity index (χ2v) is 5.53. The lowest BCUT2D eigenvalue weighted by Crippen LogP contribution is -2.36. The zero-order valence-electron chi connectivity index (χ0n) is 10.7. The molecule has 0 aromatic carbocycles. The Balaban J connectivity index is 2.52. The topological polar surface area (TPSA) is 23.5 Å². The first kappa shape index (κ1) is 13.5. The van der Waals surface area contributed by atoms with Gasteiger partial charge in [-0.3, -0.25) is 4.90 Å². The van der Waals surface area contributed by atoms with Gasteiger partial charge < -0.3 is 5.11 Å². The minimum absolute atomic E-state index is 0.0820. The Morgan fingerprint density at radius 1 is 1.31 bits per heavy atom. The minimum atomic E-state index is -0.176. The molecule has 1 fully saturated rings. The van der Waals surface area contributed by atoms with E-state index >= 15 is 0 Å². The van der Waals surface area contributed by atoms with Gasteiger partial charge in [-0.25, -0.2) is 0 Å². The van der Waals surface area contributed by atoms with Crippen molar-refractivity contribution in [3.63, 3.8) is 0 Å². The number of hydrogen-bond donors (Lipinski definition) is 1. The van der Waals surface area contributed by atoms with Gasteiger partial charge in [-0.1, -0.05) is 26.0 Å². The summed E-state index contributed by atoms with van der Waals surface area (Å²) in [5, 5.41) is 10.2. The van der Waals surface area contributed by atoms with Crippen LogP contribution in [0.15, 0.2) is 25.3 Å². The Labute approximate surface area is 99.7 Å². The first-order chi connectivity index (χ1) is 7.51. The molecule has 0 spiro atoms. The van der Waals surface area contributed by atoms with Gasteiger partial charge in [0.1, 0.15) is 0 Å². The molecule has 0 radical (unpaired) electrons. The predicted octanol–water partition coefficient (Wildman–Crippen LogP) is 2.46. The number of hydrogen-bond acceptors (Lipinski definition) is 2. The summed E-state index contributed by atoms with van der Waals surface area (Å²) in [6.07, 6.45) is 5.89. The van der Waals surface area contributed by atoms with Gasteiger partial charge in [-0.2, -0.15) is 0 Å². The van der Waals surface area contributed by atoms with Crippen LogP contribution in [0.4, 0.5) is 0 Å². The molecule has 16 heavy (non-hydrogen) atoms. The maximum absolute atomic E-state index is 10.2. The van der Waals surface area contributed by atoms with Crippen molar-refractivity contribution < 1.29 is 5.11 Å². The van der Waals surface area contributed by atoms with Crippen LogP contribution in [0.25, 0.3) is 0 Å². The molecule has 2 heteroatoms. The van der Waals surface area contributed by atoms with E-state index in [1.54, 1.807) is 0 Å². The molecule has 2 atom stereocenters. The quantitative estimate of drug-likeness (QED) is 0.699. The lowest BCUT2D eigenvalue weighted by molar-refractivity contribution is 0.0352. The summed E-state index contributed by atoms with van der Waals surface area (Å²) in [6, 6.07) is 0. The number of rotatable bonds is 6. The van der Waals surface area contributed by atoms with Gasteiger partial charge in [0.05, 0.1) is 6.10 Å². The summed E-state index contributed by atoms with van der Waals surface area (Å²) in [5.41, 5.74) is 0.0820. The van der Waals surface area contributed by atoms with Crippen molar-refractivity contribution in [3.8, 4) is 0 Å². The molecule has 1 aliphatic rings. The van der Waals surface area contributed by atoms with E-state index in [4.69, 9.17) is 0 Å². The van der Waals surface area contributed by atoms with Crippen molar-refractivity contribution in [1.82, 2.24) is 4.90 Å². The maximum atomic E-state index is 10.2. The van der Waals surface area contributed by atoms with Gasteiger partial charge in [-0.05, 0) is 24.2 Å². The first-order valence-corrected chi connectivity index (χ1v) is 6.13. The van der Waals surface area contributed by atoms with Crippen LogP contribution in [0.5, 0.6) is 0 Å². The molecule has 1 rings (SSSR count). The third kappa shape index (κ3) is 3.19. The second-order valence-electron chi connectivity index (χ2n) is 5.53. The fourth-order valence-corrected chi connectivity index (χ4v) is 2.61. The molecule has 1 aliphatic carbocycles. The summed E-state index contributed by atoms with van der Waals surface area (Å²) in [6.45, 7) is 14.5. The lowest BCUT2D eigenvalue weighted by Gasteiger charge is -2.29. The van der Waals surface area contributed by atoms with Crippen molar-refractivity contribution in [3.05, 3.63) is 25.3 Å². The van der Waals surface area contributed by atoms with Crippen molar-refractivity contribution in [2.75, 3.05) is 19.6 Å². The van der Waals surface area contributed by atoms with Crippen LogP contribution in [0.3, 0.4) is 0 Å². The molecular formula is C14H25NO. The van der Waals surface area contributed by atoms with E-state index in [1.165, 1.54) is 0 Å². The first-order valence-electron chi connectivity index (χ1n) is 6.13. The highest BCUT2D eigenvalue weighted by Crippen LogP contribution is 2.41. The normalized spacial score (nSPS) is 28.2. The fourth-order valence-electron chi connectivity index (χ4n) is 2.61. The highest BCUT2D eigenvalue weighted by atomic mass is 16.3. The molecule has 1 N–H and O–H groups in total. The van der Waals surface area contributed by atoms with Gasteiger partial charge in [0.25, 0.3) is 0 Å². The van der Waals surface area contributed by atoms with E-state index in [9.17, 15) is 5.11 Å². The third-order valence-electron chi connectivity index (χ3n) is 3.67. The van der Waals surface area contributed by atoms with E-state index in [0.717, 1.165) is 32.5 Å². The maximum Gasteiger partial charge on any atom is 0.0631 e. The highest BCUT2D eigenvalue weighted by molar-refractivity contribution is 4.93. The van der Waals surface area contributed by atoms with E-state index < -0.39 is 0 Å². The molecule has 0 aromatic rings. The summed E-state index contributed by atoms with van der Waals surface area (Å²) in [5.74, 6) is 0.398. The average Bonchev–Trinajstić information content (AvgIpc) is 2.46. The Morgan fingerprint density at radius 3 is 2.25 bits per heavy atom. The Morgan fingerprint density at radius 2 is 1.88 bits per heavy atom. The molecule has 2 unspecified atom stereocenters. The zero-order valence-corrected chi connectivity index (χ0v) is 10.7. The van der Waals surface area contributed by atoms with Crippen molar-refractivity contribution in [2.45, 2.75) is 32.8 Å². The Bertz CT molecular complexity index is 237. The molecule has 2 nitrogen and oxygen atoms in total. The Hall–Kier alpha value is -0.600. The van der Waals surface area contributed by atoms with E-state index in [-0.39, 0.29) is 11.5 Å². The molecular weight excluding hydrogens is 198 g/mol. The van der Waals surface area contributed by atoms with Crippen LogP contribution in [0.1, 0.15) is 26.7 Å². The van der Waals surface area contributed by atoms with Crippen LogP contribution in [-0.2, 0) is 0 Å². The van der Waals surface area contributed by atoms with Crippen molar-refractivity contribution in [2.24, 2.45) is 11.3 Å². The van der Waals surface area contributed by atoms with E-state index in [2.05, 4.69) is 31.9 Å². The monoisotopic (exact) mass is 223 g/mol. The second kappa shape index (κ2) is 5.65. The standard InChI is InChI=1S/C14H25NO/c1-5-9-15(10-6-2)11-12-7-8-14(3,4)13(12)16/h5-6,12-13,16H,1-2,7-11H2,3-4H3. The van der Waals surface area contributed by atoms with E-state index in [1.807, 2.05) is 12.2 Å². The summed E-state index contributed by atoms with van der Waals surface area (Å²) < 4.78 is 0. The Kier molecular flexibility index (Phi) is 4.75. The molecule has 1 saturated carbocycles. The number of aliphatic hydroxyl groups excluding tert-OH is 1. The zero-order chi connectivity index (χ0) is 12.2. The molecule has 0 bridgehead atoms. The van der Waals surface area contributed by atoms with Crippen LogP contribution in [0.2, 0.25) is 0 Å². The summed E-state index contributed by atoms with van der Waals surface area (Å²) in [4.78, 5) is 2.29. The van der Waals surface area contributed by atoms with Crippen LogP contribution in [0, 0.1) is 11.3 Å². The van der Waals surface area contributed by atoms with Gasteiger partial charge in [0.15, 0.2) is 0 Å². The van der Waals surface area contributed by atoms with Gasteiger partial charge in [0, 0.05) is 19.6 Å². The van der Waals surface area contributed by atoms with Gasteiger partial charge >= 0.3 is 0 Å². The minimum Gasteiger partial charge on any atom is -0.392 e. The summed E-state index contributed by atoms with van der Waals surface area (Å²) >= 11 is 0. The van der Waals surface area contributed by atoms with Crippen molar-refractivity contribution in [1.29, 1.82) is 0 Å². The average molecular weight is 223 g/mol. The van der Waals surface area contributed by atoms with E-state index in [0.29, 0.717) is 5.92 Å². The SMILES string of the molecule is C=CCN(CC=C)CC1CCC(C)(C)C1O. The molecule has 0 heterocycles. The number of aliphatic hydroxyl groups is 1. The third-order valence-corrected chi connectivity index (χ3v) is 3.67. The molecule has 0 aliphatic heterocycles. The highest BCUT2D eigenvalue weighted by Gasteiger charge is 2.40. The predicted molar refractivity (Wildman–Crippen MR) is 69.3 cm³/mol. The van der Waals surface area contributed by atoms with Crippen LogP contribution < -0.4 is 0 Å². The molecule has 0 saturated heterocycles.